The third kappa shape index (κ3) is 2.94. The Labute approximate surface area is 128 Å². The summed E-state index contributed by atoms with van der Waals surface area (Å²) in [5, 5.41) is 15.1. The van der Waals surface area contributed by atoms with E-state index in [2.05, 4.69) is 46.5 Å². The molecule has 0 aliphatic heterocycles. The molecular weight excluding hydrogens is 280 g/mol. The van der Waals surface area contributed by atoms with Gasteiger partial charge < -0.3 is 5.32 Å². The van der Waals surface area contributed by atoms with E-state index in [0.717, 1.165) is 39.6 Å². The molecule has 21 heavy (non-hydrogen) atoms. The van der Waals surface area contributed by atoms with Gasteiger partial charge in [0.25, 0.3) is 0 Å². The second kappa shape index (κ2) is 6.28. The number of hydrogen-bond donors (Lipinski definition) is 1. The Balaban J connectivity index is 1.93. The molecule has 108 valence electrons. The summed E-state index contributed by atoms with van der Waals surface area (Å²) in [5.74, 6) is 0. The van der Waals surface area contributed by atoms with E-state index in [9.17, 15) is 0 Å². The molecule has 3 aromatic rings. The van der Waals surface area contributed by atoms with Crippen LogP contribution in [0.2, 0.25) is 0 Å². The van der Waals surface area contributed by atoms with Crippen molar-refractivity contribution < 1.29 is 0 Å². The lowest BCUT2D eigenvalue weighted by molar-refractivity contribution is 0.531. The average molecular weight is 298 g/mol. The molecule has 0 aliphatic rings. The van der Waals surface area contributed by atoms with Crippen LogP contribution in [0.25, 0.3) is 21.6 Å². The van der Waals surface area contributed by atoms with E-state index in [4.69, 9.17) is 0 Å². The average Bonchev–Trinajstić information content (AvgIpc) is 3.02. The number of fused-ring (bicyclic) bond motifs is 1. The molecule has 5 heteroatoms. The summed E-state index contributed by atoms with van der Waals surface area (Å²) in [7, 11) is 0. The summed E-state index contributed by atoms with van der Waals surface area (Å²) in [6, 6.07) is 12.5. The van der Waals surface area contributed by atoms with Gasteiger partial charge in [0, 0.05) is 5.39 Å². The van der Waals surface area contributed by atoms with E-state index in [-0.39, 0.29) is 6.04 Å². The van der Waals surface area contributed by atoms with Gasteiger partial charge in [-0.1, -0.05) is 49.4 Å². The molecule has 0 spiro atoms. The van der Waals surface area contributed by atoms with Crippen molar-refractivity contribution in [2.75, 3.05) is 6.54 Å². The van der Waals surface area contributed by atoms with Gasteiger partial charge in [0.2, 0.25) is 0 Å². The highest BCUT2D eigenvalue weighted by Crippen LogP contribution is 2.28. The van der Waals surface area contributed by atoms with Crippen LogP contribution in [-0.4, -0.2) is 21.7 Å². The fraction of sp³-hybridized carbons (Fsp3) is 0.312. The number of rotatable bonds is 5. The highest BCUT2D eigenvalue weighted by atomic mass is 32.1. The topological polar surface area (TPSA) is 50.7 Å². The van der Waals surface area contributed by atoms with Crippen LogP contribution >= 0.6 is 11.3 Å². The SMILES string of the molecule is CCNC(CC)c1nnc(-c2ccc3ccccc3n2)s1. The molecule has 0 radical (unpaired) electrons. The van der Waals surface area contributed by atoms with E-state index in [1.54, 1.807) is 11.3 Å². The lowest BCUT2D eigenvalue weighted by Gasteiger charge is -2.10. The molecule has 2 aromatic heterocycles. The molecule has 0 bridgehead atoms. The molecule has 0 fully saturated rings. The Morgan fingerprint density at radius 3 is 2.76 bits per heavy atom. The first-order valence-corrected chi connectivity index (χ1v) is 8.06. The normalized spacial score (nSPS) is 12.7. The van der Waals surface area contributed by atoms with E-state index in [0.29, 0.717) is 0 Å². The minimum absolute atomic E-state index is 0.279. The molecule has 2 heterocycles. The first-order valence-electron chi connectivity index (χ1n) is 7.24. The summed E-state index contributed by atoms with van der Waals surface area (Å²) < 4.78 is 0. The largest absolute Gasteiger partial charge is 0.308 e. The van der Waals surface area contributed by atoms with E-state index < -0.39 is 0 Å². The van der Waals surface area contributed by atoms with Gasteiger partial charge in [-0.25, -0.2) is 4.98 Å². The first-order chi connectivity index (χ1) is 10.3. The number of aromatic nitrogens is 3. The van der Waals surface area contributed by atoms with Gasteiger partial charge in [-0.2, -0.15) is 0 Å². The van der Waals surface area contributed by atoms with Gasteiger partial charge >= 0.3 is 0 Å². The maximum atomic E-state index is 4.68. The zero-order chi connectivity index (χ0) is 14.7. The van der Waals surface area contributed by atoms with Crippen molar-refractivity contribution in [3.8, 4) is 10.7 Å². The van der Waals surface area contributed by atoms with Crippen molar-refractivity contribution in [2.24, 2.45) is 0 Å². The van der Waals surface area contributed by atoms with Crippen molar-refractivity contribution in [2.45, 2.75) is 26.3 Å². The summed E-state index contributed by atoms with van der Waals surface area (Å²) in [5.41, 5.74) is 1.88. The van der Waals surface area contributed by atoms with Crippen molar-refractivity contribution in [3.63, 3.8) is 0 Å². The highest BCUT2D eigenvalue weighted by molar-refractivity contribution is 7.14. The van der Waals surface area contributed by atoms with Crippen molar-refractivity contribution >= 4 is 22.2 Å². The summed E-state index contributed by atoms with van der Waals surface area (Å²) in [4.78, 5) is 4.68. The molecular formula is C16H18N4S. The van der Waals surface area contributed by atoms with Crippen LogP contribution in [0.4, 0.5) is 0 Å². The molecule has 0 saturated heterocycles. The standard InChI is InChI=1S/C16H18N4S/c1-3-12(17-4-2)15-19-20-16(21-15)14-10-9-11-7-5-6-8-13(11)18-14/h5-10,12,17H,3-4H2,1-2H3. The number of hydrogen-bond acceptors (Lipinski definition) is 5. The number of nitrogens with one attached hydrogen (secondary N) is 1. The van der Waals surface area contributed by atoms with E-state index >= 15 is 0 Å². The molecule has 0 aliphatic carbocycles. The predicted molar refractivity (Wildman–Crippen MR) is 87.4 cm³/mol. The van der Waals surface area contributed by atoms with Gasteiger partial charge in [0.15, 0.2) is 5.01 Å². The summed E-state index contributed by atoms with van der Waals surface area (Å²) >= 11 is 1.62. The number of nitrogens with zero attached hydrogens (tertiary/aromatic N) is 3. The Bertz CT molecular complexity index is 738. The summed E-state index contributed by atoms with van der Waals surface area (Å²) in [6.07, 6.45) is 1.01. The molecule has 3 rings (SSSR count). The molecule has 1 aromatic carbocycles. The van der Waals surface area contributed by atoms with Crippen LogP contribution in [0.5, 0.6) is 0 Å². The second-order valence-corrected chi connectivity index (χ2v) is 5.86. The Morgan fingerprint density at radius 1 is 1.10 bits per heavy atom. The van der Waals surface area contributed by atoms with Gasteiger partial charge in [0.1, 0.15) is 10.7 Å². The van der Waals surface area contributed by atoms with Crippen LogP contribution in [-0.2, 0) is 0 Å². The maximum Gasteiger partial charge on any atom is 0.166 e. The van der Waals surface area contributed by atoms with Crippen LogP contribution in [0.3, 0.4) is 0 Å². The van der Waals surface area contributed by atoms with Crippen LogP contribution in [0.15, 0.2) is 36.4 Å². The summed E-state index contributed by atoms with van der Waals surface area (Å²) in [6.45, 7) is 5.19. The minimum atomic E-state index is 0.279. The third-order valence-electron chi connectivity index (χ3n) is 3.42. The second-order valence-electron chi connectivity index (χ2n) is 4.85. The molecule has 1 atom stereocenters. The van der Waals surface area contributed by atoms with E-state index in [1.807, 2.05) is 24.3 Å². The lowest BCUT2D eigenvalue weighted by atomic mass is 10.2. The number of pyridine rings is 1. The van der Waals surface area contributed by atoms with Gasteiger partial charge in [-0.3, -0.25) is 0 Å². The quantitative estimate of drug-likeness (QED) is 0.778. The van der Waals surface area contributed by atoms with E-state index in [1.165, 1.54) is 0 Å². The Hall–Kier alpha value is -1.85. The van der Waals surface area contributed by atoms with Gasteiger partial charge in [0.05, 0.1) is 11.6 Å². The Morgan fingerprint density at radius 2 is 1.95 bits per heavy atom. The lowest BCUT2D eigenvalue weighted by Crippen LogP contribution is -2.19. The van der Waals surface area contributed by atoms with Crippen LogP contribution < -0.4 is 5.32 Å². The fourth-order valence-electron chi connectivity index (χ4n) is 2.32. The third-order valence-corrected chi connectivity index (χ3v) is 4.47. The predicted octanol–water partition coefficient (Wildman–Crippen LogP) is 3.81. The van der Waals surface area contributed by atoms with Gasteiger partial charge in [-0.15, -0.1) is 10.2 Å². The van der Waals surface area contributed by atoms with Crippen molar-refractivity contribution in [1.82, 2.24) is 20.5 Å². The zero-order valence-corrected chi connectivity index (χ0v) is 13.0. The van der Waals surface area contributed by atoms with Gasteiger partial charge in [-0.05, 0) is 25.1 Å². The van der Waals surface area contributed by atoms with Crippen molar-refractivity contribution in [1.29, 1.82) is 0 Å². The highest BCUT2D eigenvalue weighted by Gasteiger charge is 2.15. The van der Waals surface area contributed by atoms with Crippen molar-refractivity contribution in [3.05, 3.63) is 41.4 Å². The molecule has 1 unspecified atom stereocenters. The monoisotopic (exact) mass is 298 g/mol. The van der Waals surface area contributed by atoms with Crippen LogP contribution in [0.1, 0.15) is 31.3 Å². The molecule has 0 saturated carbocycles. The van der Waals surface area contributed by atoms with Crippen LogP contribution in [0, 0.1) is 0 Å². The number of para-hydroxylation sites is 1. The molecule has 1 N–H and O–H groups in total. The smallest absolute Gasteiger partial charge is 0.166 e. The maximum absolute atomic E-state index is 4.68. The molecule has 0 amide bonds. The Kier molecular flexibility index (Phi) is 4.22. The number of benzene rings is 1. The zero-order valence-electron chi connectivity index (χ0n) is 12.2. The first kappa shape index (κ1) is 14.1. The molecule has 4 nitrogen and oxygen atoms in total. The fourth-order valence-corrected chi connectivity index (χ4v) is 3.29. The minimum Gasteiger partial charge on any atom is -0.308 e.